The summed E-state index contributed by atoms with van der Waals surface area (Å²) in [6.45, 7) is 8.95. The predicted molar refractivity (Wildman–Crippen MR) is 84.7 cm³/mol. The van der Waals surface area contributed by atoms with Gasteiger partial charge in [0.05, 0.1) is 12.2 Å². The van der Waals surface area contributed by atoms with Gasteiger partial charge in [0.2, 0.25) is 5.91 Å². The number of nitrogens with one attached hydrogen (secondary N) is 1. The normalized spacial score (nSPS) is 24.6. The van der Waals surface area contributed by atoms with Crippen molar-refractivity contribution in [3.05, 3.63) is 18.0 Å². The molecule has 1 unspecified atom stereocenters. The Bertz CT molecular complexity index is 478. The first kappa shape index (κ1) is 16.1. The quantitative estimate of drug-likeness (QED) is 0.927. The van der Waals surface area contributed by atoms with Gasteiger partial charge < -0.3 is 5.32 Å². The van der Waals surface area contributed by atoms with Gasteiger partial charge >= 0.3 is 0 Å². The first-order valence-corrected chi connectivity index (χ1v) is 8.06. The van der Waals surface area contributed by atoms with Crippen LogP contribution in [0.2, 0.25) is 0 Å². The highest BCUT2D eigenvalue weighted by Gasteiger charge is 2.32. The van der Waals surface area contributed by atoms with Crippen LogP contribution in [-0.2, 0) is 11.8 Å². The number of aryl methyl sites for hydroxylation is 1. The zero-order valence-electron chi connectivity index (χ0n) is 14.0. The summed E-state index contributed by atoms with van der Waals surface area (Å²) >= 11 is 0. The van der Waals surface area contributed by atoms with E-state index in [2.05, 4.69) is 31.2 Å². The molecule has 1 aliphatic rings. The number of rotatable bonds is 3. The fraction of sp³-hybridized carbons (Fsp3) is 0.765. The Labute approximate surface area is 128 Å². The fourth-order valence-corrected chi connectivity index (χ4v) is 3.30. The van der Waals surface area contributed by atoms with Crippen molar-refractivity contribution in [2.24, 2.45) is 24.3 Å². The van der Waals surface area contributed by atoms with Gasteiger partial charge in [0.1, 0.15) is 0 Å². The average molecular weight is 291 g/mol. The topological polar surface area (TPSA) is 46.9 Å². The van der Waals surface area contributed by atoms with Crippen molar-refractivity contribution in [1.29, 1.82) is 0 Å². The van der Waals surface area contributed by atoms with Gasteiger partial charge in [-0.15, -0.1) is 0 Å². The van der Waals surface area contributed by atoms with E-state index in [4.69, 9.17) is 0 Å². The van der Waals surface area contributed by atoms with Gasteiger partial charge in [-0.2, -0.15) is 5.10 Å². The van der Waals surface area contributed by atoms with Crippen LogP contribution in [0.25, 0.3) is 0 Å². The van der Waals surface area contributed by atoms with Crippen LogP contribution in [0.4, 0.5) is 0 Å². The van der Waals surface area contributed by atoms with Crippen LogP contribution in [0.5, 0.6) is 0 Å². The second-order valence-electron chi connectivity index (χ2n) is 7.59. The van der Waals surface area contributed by atoms with Gasteiger partial charge in [0.15, 0.2) is 0 Å². The molecule has 1 aromatic rings. The number of nitrogens with zero attached hydrogens (tertiary/aromatic N) is 2. The lowest BCUT2D eigenvalue weighted by Crippen LogP contribution is -2.36. The Hall–Kier alpha value is -1.32. The molecular formula is C17H29N3O. The monoisotopic (exact) mass is 291 g/mol. The molecule has 1 atom stereocenters. The number of carbonyl (C=O) groups excluding carboxylic acids is 1. The molecule has 0 aliphatic heterocycles. The van der Waals surface area contributed by atoms with Gasteiger partial charge in [-0.05, 0) is 43.9 Å². The molecule has 0 saturated heterocycles. The van der Waals surface area contributed by atoms with E-state index in [0.29, 0.717) is 5.41 Å². The highest BCUT2D eigenvalue weighted by molar-refractivity contribution is 5.79. The molecule has 1 aromatic heterocycles. The van der Waals surface area contributed by atoms with Crippen LogP contribution < -0.4 is 5.32 Å². The lowest BCUT2D eigenvalue weighted by Gasteiger charge is -2.36. The van der Waals surface area contributed by atoms with E-state index in [1.807, 2.05) is 26.4 Å². The summed E-state index contributed by atoms with van der Waals surface area (Å²) in [4.78, 5) is 12.4. The molecule has 2 rings (SSSR count). The molecule has 1 amide bonds. The van der Waals surface area contributed by atoms with Crippen molar-refractivity contribution in [2.45, 2.75) is 59.4 Å². The Kier molecular flexibility index (Phi) is 4.74. The van der Waals surface area contributed by atoms with Gasteiger partial charge in [-0.3, -0.25) is 9.48 Å². The van der Waals surface area contributed by atoms with Crippen molar-refractivity contribution in [3.63, 3.8) is 0 Å². The Balaban J connectivity index is 1.85. The van der Waals surface area contributed by atoms with Crippen LogP contribution in [-0.4, -0.2) is 15.7 Å². The molecule has 0 spiro atoms. The molecule has 0 aromatic carbocycles. The summed E-state index contributed by atoms with van der Waals surface area (Å²) in [6.07, 6.45) is 8.16. The highest BCUT2D eigenvalue weighted by atomic mass is 16.1. The second kappa shape index (κ2) is 6.20. The van der Waals surface area contributed by atoms with Crippen LogP contribution >= 0.6 is 0 Å². The summed E-state index contributed by atoms with van der Waals surface area (Å²) in [5.41, 5.74) is 1.43. The molecule has 0 bridgehead atoms. The van der Waals surface area contributed by atoms with E-state index in [9.17, 15) is 4.79 Å². The minimum absolute atomic E-state index is 0.0338. The van der Waals surface area contributed by atoms with Crippen molar-refractivity contribution in [1.82, 2.24) is 15.1 Å². The van der Waals surface area contributed by atoms with Crippen molar-refractivity contribution in [3.8, 4) is 0 Å². The van der Waals surface area contributed by atoms with Gasteiger partial charge in [0, 0.05) is 24.7 Å². The molecular weight excluding hydrogens is 262 g/mol. The SMILES string of the molecule is CC(NC(=O)C1CCC(C(C)(C)C)CC1)c1cnn(C)c1. The Morgan fingerprint density at radius 2 is 1.95 bits per heavy atom. The summed E-state index contributed by atoms with van der Waals surface area (Å²) < 4.78 is 1.77. The Morgan fingerprint density at radius 1 is 1.33 bits per heavy atom. The molecule has 4 nitrogen and oxygen atoms in total. The summed E-state index contributed by atoms with van der Waals surface area (Å²) in [5, 5.41) is 7.30. The van der Waals surface area contributed by atoms with Crippen LogP contribution in [0, 0.1) is 17.3 Å². The minimum Gasteiger partial charge on any atom is -0.349 e. The second-order valence-corrected chi connectivity index (χ2v) is 7.59. The molecule has 118 valence electrons. The molecule has 1 heterocycles. The zero-order chi connectivity index (χ0) is 15.6. The summed E-state index contributed by atoms with van der Waals surface area (Å²) in [5.74, 6) is 1.14. The number of amides is 1. The van der Waals surface area contributed by atoms with Gasteiger partial charge in [-0.25, -0.2) is 0 Å². The smallest absolute Gasteiger partial charge is 0.223 e. The highest BCUT2D eigenvalue weighted by Crippen LogP contribution is 2.39. The van der Waals surface area contributed by atoms with E-state index in [0.717, 1.165) is 24.3 Å². The number of hydrogen-bond donors (Lipinski definition) is 1. The molecule has 4 heteroatoms. The average Bonchev–Trinajstić information content (AvgIpc) is 2.84. The third kappa shape index (κ3) is 4.08. The van der Waals surface area contributed by atoms with Gasteiger partial charge in [0.25, 0.3) is 0 Å². The summed E-state index contributed by atoms with van der Waals surface area (Å²) in [7, 11) is 1.89. The van der Waals surface area contributed by atoms with E-state index in [1.54, 1.807) is 4.68 Å². The third-order valence-corrected chi connectivity index (χ3v) is 4.91. The molecule has 21 heavy (non-hydrogen) atoms. The maximum atomic E-state index is 12.4. The first-order valence-electron chi connectivity index (χ1n) is 8.06. The maximum Gasteiger partial charge on any atom is 0.223 e. The van der Waals surface area contributed by atoms with E-state index in [-0.39, 0.29) is 17.9 Å². The number of carbonyl (C=O) groups is 1. The molecule has 1 aliphatic carbocycles. The predicted octanol–water partition coefficient (Wildman–Crippen LogP) is 3.45. The number of aromatic nitrogens is 2. The molecule has 1 saturated carbocycles. The molecule has 1 fully saturated rings. The van der Waals surface area contributed by atoms with Crippen LogP contribution in [0.3, 0.4) is 0 Å². The standard InChI is InChI=1S/C17H29N3O/c1-12(14-10-18-20(5)11-14)19-16(21)13-6-8-15(9-7-13)17(2,3)4/h10-13,15H,6-9H2,1-5H3,(H,19,21). The number of hydrogen-bond acceptors (Lipinski definition) is 2. The minimum atomic E-state index is 0.0338. The van der Waals surface area contributed by atoms with Crippen LogP contribution in [0.1, 0.15) is 65.0 Å². The van der Waals surface area contributed by atoms with Crippen molar-refractivity contribution in [2.75, 3.05) is 0 Å². The zero-order valence-corrected chi connectivity index (χ0v) is 14.0. The largest absolute Gasteiger partial charge is 0.349 e. The van der Waals surface area contributed by atoms with Crippen molar-refractivity contribution < 1.29 is 4.79 Å². The van der Waals surface area contributed by atoms with Crippen LogP contribution in [0.15, 0.2) is 12.4 Å². The van der Waals surface area contributed by atoms with Gasteiger partial charge in [-0.1, -0.05) is 20.8 Å². The van der Waals surface area contributed by atoms with Crippen molar-refractivity contribution >= 4 is 5.91 Å². The molecule has 1 N–H and O–H groups in total. The maximum absolute atomic E-state index is 12.4. The fourth-order valence-electron chi connectivity index (χ4n) is 3.30. The first-order chi connectivity index (χ1) is 9.77. The summed E-state index contributed by atoms with van der Waals surface area (Å²) in [6, 6.07) is 0.0338. The lowest BCUT2D eigenvalue weighted by molar-refractivity contribution is -0.127. The molecule has 0 radical (unpaired) electrons. The third-order valence-electron chi connectivity index (χ3n) is 4.91. The lowest BCUT2D eigenvalue weighted by atomic mass is 9.69. The van der Waals surface area contributed by atoms with E-state index < -0.39 is 0 Å². The van der Waals surface area contributed by atoms with E-state index >= 15 is 0 Å². The van der Waals surface area contributed by atoms with E-state index in [1.165, 1.54) is 12.8 Å². The Morgan fingerprint density at radius 3 is 2.43 bits per heavy atom.